The van der Waals surface area contributed by atoms with Crippen LogP contribution in [0.5, 0.6) is 5.75 Å². The van der Waals surface area contributed by atoms with E-state index in [4.69, 9.17) is 14.2 Å². The maximum Gasteiger partial charge on any atom is 0.122 e. The molecule has 4 heteroatoms. The summed E-state index contributed by atoms with van der Waals surface area (Å²) in [5.74, 6) is 1.03. The normalized spacial score (nSPS) is 21.6. The van der Waals surface area contributed by atoms with Crippen molar-refractivity contribution in [2.45, 2.75) is 37.8 Å². The van der Waals surface area contributed by atoms with Gasteiger partial charge in [-0.15, -0.1) is 0 Å². The van der Waals surface area contributed by atoms with Crippen LogP contribution in [0.1, 0.15) is 36.9 Å². The summed E-state index contributed by atoms with van der Waals surface area (Å²) in [6.45, 7) is 5.14. The van der Waals surface area contributed by atoms with E-state index in [0.717, 1.165) is 51.4 Å². The third-order valence-corrected chi connectivity index (χ3v) is 4.63. The molecule has 0 aromatic heterocycles. The van der Waals surface area contributed by atoms with Crippen LogP contribution in [0.2, 0.25) is 0 Å². The number of benzene rings is 1. The molecule has 1 N–H and O–H groups in total. The van der Waals surface area contributed by atoms with Crippen molar-refractivity contribution >= 4 is 0 Å². The fourth-order valence-corrected chi connectivity index (χ4v) is 3.64. The minimum absolute atomic E-state index is 0.171. The predicted molar refractivity (Wildman–Crippen MR) is 81.9 cm³/mol. The quantitative estimate of drug-likeness (QED) is 0.904. The van der Waals surface area contributed by atoms with E-state index in [0.29, 0.717) is 0 Å². The first-order chi connectivity index (χ1) is 10.3. The van der Waals surface area contributed by atoms with Gasteiger partial charge in [0.25, 0.3) is 0 Å². The average Bonchev–Trinajstić information content (AvgIpc) is 2.97. The lowest BCUT2D eigenvalue weighted by Gasteiger charge is -2.43. The van der Waals surface area contributed by atoms with Crippen molar-refractivity contribution in [3.05, 3.63) is 29.3 Å². The van der Waals surface area contributed by atoms with E-state index in [1.54, 1.807) is 0 Å². The summed E-state index contributed by atoms with van der Waals surface area (Å²) in [6, 6.07) is 6.73. The molecular weight excluding hydrogens is 266 g/mol. The molecule has 21 heavy (non-hydrogen) atoms. The van der Waals surface area contributed by atoms with E-state index in [1.807, 2.05) is 7.05 Å². The van der Waals surface area contributed by atoms with Crippen molar-refractivity contribution < 1.29 is 14.2 Å². The van der Waals surface area contributed by atoms with Crippen molar-refractivity contribution in [2.75, 3.05) is 33.5 Å². The van der Waals surface area contributed by atoms with Gasteiger partial charge in [-0.2, -0.15) is 0 Å². The van der Waals surface area contributed by atoms with Gasteiger partial charge in [-0.25, -0.2) is 0 Å². The molecule has 0 radical (unpaired) electrons. The molecule has 3 rings (SSSR count). The van der Waals surface area contributed by atoms with Crippen molar-refractivity contribution in [3.63, 3.8) is 0 Å². The second kappa shape index (κ2) is 6.34. The Balaban J connectivity index is 1.91. The van der Waals surface area contributed by atoms with Gasteiger partial charge >= 0.3 is 0 Å². The highest BCUT2D eigenvalue weighted by Crippen LogP contribution is 2.39. The minimum atomic E-state index is -0.171. The van der Waals surface area contributed by atoms with Gasteiger partial charge < -0.3 is 19.5 Å². The summed E-state index contributed by atoms with van der Waals surface area (Å²) in [7, 11) is 2.02. The van der Waals surface area contributed by atoms with Crippen LogP contribution in [0.15, 0.2) is 18.2 Å². The average molecular weight is 291 g/mol. The highest BCUT2D eigenvalue weighted by Gasteiger charge is 2.41. The van der Waals surface area contributed by atoms with Crippen molar-refractivity contribution in [1.82, 2.24) is 5.32 Å². The maximum absolute atomic E-state index is 6.22. The molecule has 0 saturated carbocycles. The zero-order chi connectivity index (χ0) is 14.7. The van der Waals surface area contributed by atoms with Crippen molar-refractivity contribution in [1.29, 1.82) is 0 Å². The van der Waals surface area contributed by atoms with Gasteiger partial charge in [0.15, 0.2) is 0 Å². The Hall–Kier alpha value is -1.10. The molecule has 4 nitrogen and oxygen atoms in total. The van der Waals surface area contributed by atoms with Crippen molar-refractivity contribution in [3.8, 4) is 5.75 Å². The van der Waals surface area contributed by atoms with Crippen LogP contribution in [0.25, 0.3) is 0 Å². The predicted octanol–water partition coefficient (Wildman–Crippen LogP) is 2.47. The lowest BCUT2D eigenvalue weighted by molar-refractivity contribution is -0.127. The number of nitrogens with one attached hydrogen (secondary N) is 1. The third kappa shape index (κ3) is 2.80. The summed E-state index contributed by atoms with van der Waals surface area (Å²) in [4.78, 5) is 0. The Morgan fingerprint density at radius 1 is 1.29 bits per heavy atom. The molecule has 0 amide bonds. The van der Waals surface area contributed by atoms with Crippen LogP contribution in [-0.4, -0.2) is 39.1 Å². The molecule has 1 aromatic rings. The molecule has 116 valence electrons. The van der Waals surface area contributed by atoms with E-state index >= 15 is 0 Å². The van der Waals surface area contributed by atoms with E-state index in [-0.39, 0.29) is 11.6 Å². The Bertz CT molecular complexity index is 477. The second-order valence-electron chi connectivity index (χ2n) is 5.80. The van der Waals surface area contributed by atoms with Gasteiger partial charge in [-0.05, 0) is 31.2 Å². The Labute approximate surface area is 126 Å². The number of hydrogen-bond acceptors (Lipinski definition) is 4. The monoisotopic (exact) mass is 291 g/mol. The van der Waals surface area contributed by atoms with Crippen LogP contribution in [0.4, 0.5) is 0 Å². The fraction of sp³-hybridized carbons (Fsp3) is 0.647. The first-order valence-electron chi connectivity index (χ1n) is 7.93. The van der Waals surface area contributed by atoms with Crippen LogP contribution < -0.4 is 10.1 Å². The van der Waals surface area contributed by atoms with E-state index in [2.05, 4.69) is 30.4 Å². The van der Waals surface area contributed by atoms with Crippen LogP contribution in [-0.2, 0) is 15.9 Å². The molecular formula is C17H25NO3. The molecule has 0 bridgehead atoms. The van der Waals surface area contributed by atoms with E-state index in [1.165, 1.54) is 11.1 Å². The molecule has 1 saturated heterocycles. The summed E-state index contributed by atoms with van der Waals surface area (Å²) < 4.78 is 17.4. The fourth-order valence-electron chi connectivity index (χ4n) is 3.64. The smallest absolute Gasteiger partial charge is 0.122 e. The van der Waals surface area contributed by atoms with Crippen LogP contribution >= 0.6 is 0 Å². The summed E-state index contributed by atoms with van der Waals surface area (Å²) in [5.41, 5.74) is 2.43. The third-order valence-electron chi connectivity index (χ3n) is 4.63. The molecule has 1 aromatic carbocycles. The van der Waals surface area contributed by atoms with Gasteiger partial charge in [0.05, 0.1) is 18.2 Å². The van der Waals surface area contributed by atoms with Gasteiger partial charge in [0, 0.05) is 39.1 Å². The lowest BCUT2D eigenvalue weighted by Crippen LogP contribution is -2.49. The van der Waals surface area contributed by atoms with E-state index < -0.39 is 0 Å². The topological polar surface area (TPSA) is 39.7 Å². The molecule has 0 aliphatic carbocycles. The number of ether oxygens (including phenoxy) is 3. The number of rotatable bonds is 5. The first-order valence-corrected chi connectivity index (χ1v) is 7.93. The van der Waals surface area contributed by atoms with Crippen LogP contribution in [0, 0.1) is 0 Å². The first kappa shape index (κ1) is 14.8. The van der Waals surface area contributed by atoms with E-state index in [9.17, 15) is 0 Å². The molecule has 2 aliphatic rings. The zero-order valence-electron chi connectivity index (χ0n) is 13.0. The Morgan fingerprint density at radius 2 is 2.10 bits per heavy atom. The molecule has 2 aliphatic heterocycles. The molecule has 2 heterocycles. The molecule has 1 fully saturated rings. The minimum Gasteiger partial charge on any atom is -0.493 e. The van der Waals surface area contributed by atoms with Crippen molar-refractivity contribution in [2.24, 2.45) is 0 Å². The van der Waals surface area contributed by atoms with Gasteiger partial charge in [0.2, 0.25) is 0 Å². The van der Waals surface area contributed by atoms with Gasteiger partial charge in [-0.1, -0.05) is 12.1 Å². The largest absolute Gasteiger partial charge is 0.493 e. The maximum atomic E-state index is 6.22. The van der Waals surface area contributed by atoms with Crippen LogP contribution in [0.3, 0.4) is 0 Å². The summed E-state index contributed by atoms with van der Waals surface area (Å²) in [6.07, 6.45) is 2.87. The SMILES string of the molecule is CCOC1(C(NC)c2ccc3c(c2)CCO3)CCOCC1. The molecule has 1 unspecified atom stereocenters. The summed E-state index contributed by atoms with van der Waals surface area (Å²) in [5, 5.41) is 3.48. The van der Waals surface area contributed by atoms with Gasteiger partial charge in [-0.3, -0.25) is 0 Å². The standard InChI is InChI=1S/C17H25NO3/c1-3-21-17(7-10-19-11-8-17)16(18-2)14-4-5-15-13(12-14)6-9-20-15/h4-5,12,16,18H,3,6-11H2,1-2H3. The number of fused-ring (bicyclic) bond motifs is 1. The Kier molecular flexibility index (Phi) is 4.48. The molecule has 0 spiro atoms. The lowest BCUT2D eigenvalue weighted by atomic mass is 9.81. The number of hydrogen-bond donors (Lipinski definition) is 1. The Morgan fingerprint density at radius 3 is 2.81 bits per heavy atom. The summed E-state index contributed by atoms with van der Waals surface area (Å²) >= 11 is 0. The highest BCUT2D eigenvalue weighted by atomic mass is 16.5. The van der Waals surface area contributed by atoms with Gasteiger partial charge in [0.1, 0.15) is 5.75 Å². The number of likely N-dealkylation sites (N-methyl/N-ethyl adjacent to an activating group) is 1. The second-order valence-corrected chi connectivity index (χ2v) is 5.80. The zero-order valence-corrected chi connectivity index (χ0v) is 13.0. The highest BCUT2D eigenvalue weighted by molar-refractivity contribution is 5.41. The molecule has 1 atom stereocenters.